The number of nitrogens with zero attached hydrogens (tertiary/aromatic N) is 1. The zero-order chi connectivity index (χ0) is 11.0. The van der Waals surface area contributed by atoms with Gasteiger partial charge < -0.3 is 9.67 Å². The zero-order valence-electron chi connectivity index (χ0n) is 8.87. The van der Waals surface area contributed by atoms with Crippen LogP contribution in [0, 0.1) is 6.92 Å². The van der Waals surface area contributed by atoms with Gasteiger partial charge >= 0.3 is 0 Å². The Kier molecular flexibility index (Phi) is 2.85. The lowest BCUT2D eigenvalue weighted by atomic mass is 10.1. The lowest BCUT2D eigenvalue weighted by Crippen LogP contribution is -2.00. The van der Waals surface area contributed by atoms with E-state index in [1.807, 2.05) is 26.1 Å². The Bertz CT molecular complexity index is 490. The van der Waals surface area contributed by atoms with E-state index in [9.17, 15) is 5.11 Å². The number of aliphatic hydroxyl groups excluding tert-OH is 1. The molecule has 0 radical (unpaired) electrons. The molecular weight excluding hydrogens is 254 g/mol. The fourth-order valence-corrected chi connectivity index (χ4v) is 2.37. The third-order valence-corrected chi connectivity index (χ3v) is 3.54. The van der Waals surface area contributed by atoms with Crippen molar-refractivity contribution < 1.29 is 5.11 Å². The highest BCUT2D eigenvalue weighted by Crippen LogP contribution is 2.30. The van der Waals surface area contributed by atoms with Gasteiger partial charge in [0.2, 0.25) is 0 Å². The minimum Gasteiger partial charge on any atom is -0.387 e. The summed E-state index contributed by atoms with van der Waals surface area (Å²) in [6.07, 6.45) is -0.434. The van der Waals surface area contributed by atoms with Crippen LogP contribution in [0.15, 0.2) is 24.3 Å². The molecule has 0 aliphatic rings. The van der Waals surface area contributed by atoms with Crippen molar-refractivity contribution >= 4 is 26.8 Å². The summed E-state index contributed by atoms with van der Waals surface area (Å²) in [7, 11) is 2.03. The maximum absolute atomic E-state index is 9.96. The number of benzene rings is 1. The van der Waals surface area contributed by atoms with E-state index >= 15 is 0 Å². The van der Waals surface area contributed by atoms with Crippen LogP contribution >= 0.6 is 15.9 Å². The maximum Gasteiger partial charge on any atom is 0.0910 e. The minimum absolute atomic E-state index is 0.434. The third kappa shape index (κ3) is 1.60. The van der Waals surface area contributed by atoms with Gasteiger partial charge in [-0.25, -0.2) is 0 Å². The standard InChI is InChI=1S/C12H14BrNO/c1-8-12(11(15)7-13)9-5-3-4-6-10(9)14(8)2/h3-6,11,15H,7H2,1-2H3. The van der Waals surface area contributed by atoms with Gasteiger partial charge in [-0.2, -0.15) is 0 Å². The van der Waals surface area contributed by atoms with Gasteiger partial charge in [-0.3, -0.25) is 0 Å². The highest BCUT2D eigenvalue weighted by Gasteiger charge is 2.17. The average Bonchev–Trinajstić information content (AvgIpc) is 2.52. The second-order valence-electron chi connectivity index (χ2n) is 3.75. The molecule has 0 bridgehead atoms. The molecule has 0 spiro atoms. The Morgan fingerprint density at radius 3 is 2.73 bits per heavy atom. The van der Waals surface area contributed by atoms with Crippen molar-refractivity contribution in [1.82, 2.24) is 4.57 Å². The number of halogens is 1. The fraction of sp³-hybridized carbons (Fsp3) is 0.333. The number of hydrogen-bond donors (Lipinski definition) is 1. The van der Waals surface area contributed by atoms with Crippen molar-refractivity contribution in [3.63, 3.8) is 0 Å². The highest BCUT2D eigenvalue weighted by molar-refractivity contribution is 9.09. The van der Waals surface area contributed by atoms with Crippen molar-refractivity contribution in [2.24, 2.45) is 7.05 Å². The Morgan fingerprint density at radius 1 is 1.40 bits per heavy atom. The third-order valence-electron chi connectivity index (χ3n) is 2.93. The van der Waals surface area contributed by atoms with Gasteiger partial charge in [0.25, 0.3) is 0 Å². The monoisotopic (exact) mass is 267 g/mol. The molecular formula is C12H14BrNO. The number of aromatic nitrogens is 1. The molecule has 2 aromatic rings. The molecule has 0 aliphatic heterocycles. The van der Waals surface area contributed by atoms with Gasteiger partial charge in [0.1, 0.15) is 0 Å². The molecule has 1 aromatic carbocycles. The number of rotatable bonds is 2. The van der Waals surface area contributed by atoms with Gasteiger partial charge in [0, 0.05) is 34.5 Å². The summed E-state index contributed by atoms with van der Waals surface area (Å²) in [4.78, 5) is 0. The molecule has 0 amide bonds. The number of alkyl halides is 1. The number of aliphatic hydroxyl groups is 1. The maximum atomic E-state index is 9.96. The summed E-state index contributed by atoms with van der Waals surface area (Å²) >= 11 is 3.32. The molecule has 0 saturated heterocycles. The van der Waals surface area contributed by atoms with Gasteiger partial charge in [0.05, 0.1) is 6.10 Å². The van der Waals surface area contributed by atoms with E-state index in [1.54, 1.807) is 0 Å². The molecule has 0 aliphatic carbocycles. The predicted octanol–water partition coefficient (Wildman–Crippen LogP) is 2.92. The molecule has 0 fully saturated rings. The normalized spacial score (nSPS) is 13.3. The predicted molar refractivity (Wildman–Crippen MR) is 66.4 cm³/mol. The van der Waals surface area contributed by atoms with E-state index in [4.69, 9.17) is 0 Å². The van der Waals surface area contributed by atoms with Crippen LogP contribution in [0.2, 0.25) is 0 Å². The first kappa shape index (κ1) is 10.7. The van der Waals surface area contributed by atoms with E-state index in [2.05, 4.69) is 32.6 Å². The van der Waals surface area contributed by atoms with Crippen molar-refractivity contribution in [3.05, 3.63) is 35.5 Å². The first-order valence-corrected chi connectivity index (χ1v) is 6.07. The van der Waals surface area contributed by atoms with E-state index in [-0.39, 0.29) is 0 Å². The Hall–Kier alpha value is -0.800. The molecule has 1 heterocycles. The van der Waals surface area contributed by atoms with Crippen molar-refractivity contribution in [2.75, 3.05) is 5.33 Å². The van der Waals surface area contributed by atoms with Crippen LogP contribution in [-0.2, 0) is 7.05 Å². The minimum atomic E-state index is -0.434. The van der Waals surface area contributed by atoms with Crippen LogP contribution in [0.5, 0.6) is 0 Å². The van der Waals surface area contributed by atoms with Crippen LogP contribution < -0.4 is 0 Å². The molecule has 2 nitrogen and oxygen atoms in total. The van der Waals surface area contributed by atoms with Gasteiger partial charge in [-0.1, -0.05) is 34.1 Å². The zero-order valence-corrected chi connectivity index (χ0v) is 10.5. The summed E-state index contributed by atoms with van der Waals surface area (Å²) in [5.74, 6) is 0. The molecule has 0 saturated carbocycles. The van der Waals surface area contributed by atoms with E-state index < -0.39 is 6.10 Å². The number of fused-ring (bicyclic) bond motifs is 1. The summed E-state index contributed by atoms with van der Waals surface area (Å²) in [6, 6.07) is 8.16. The Morgan fingerprint density at radius 2 is 2.07 bits per heavy atom. The topological polar surface area (TPSA) is 25.2 Å². The summed E-state index contributed by atoms with van der Waals surface area (Å²) in [5, 5.41) is 11.7. The molecule has 1 N–H and O–H groups in total. The lowest BCUT2D eigenvalue weighted by molar-refractivity contribution is 0.206. The summed E-state index contributed by atoms with van der Waals surface area (Å²) < 4.78 is 2.12. The fourth-order valence-electron chi connectivity index (χ4n) is 2.05. The smallest absolute Gasteiger partial charge is 0.0910 e. The first-order chi connectivity index (χ1) is 7.16. The van der Waals surface area contributed by atoms with E-state index in [0.717, 1.165) is 16.6 Å². The number of para-hydroxylation sites is 1. The van der Waals surface area contributed by atoms with Crippen LogP contribution in [0.3, 0.4) is 0 Å². The van der Waals surface area contributed by atoms with Crippen LogP contribution in [0.1, 0.15) is 17.4 Å². The van der Waals surface area contributed by atoms with Gasteiger partial charge in [0.15, 0.2) is 0 Å². The van der Waals surface area contributed by atoms with Crippen LogP contribution in [0.4, 0.5) is 0 Å². The largest absolute Gasteiger partial charge is 0.387 e. The van der Waals surface area contributed by atoms with Crippen molar-refractivity contribution in [1.29, 1.82) is 0 Å². The first-order valence-electron chi connectivity index (χ1n) is 4.94. The SMILES string of the molecule is Cc1c(C(O)CBr)c2ccccc2n1C. The van der Waals surface area contributed by atoms with E-state index in [0.29, 0.717) is 5.33 Å². The summed E-state index contributed by atoms with van der Waals surface area (Å²) in [6.45, 7) is 2.04. The van der Waals surface area contributed by atoms with Gasteiger partial charge in [-0.15, -0.1) is 0 Å². The molecule has 15 heavy (non-hydrogen) atoms. The second-order valence-corrected chi connectivity index (χ2v) is 4.39. The lowest BCUT2D eigenvalue weighted by Gasteiger charge is -2.07. The van der Waals surface area contributed by atoms with Crippen molar-refractivity contribution in [2.45, 2.75) is 13.0 Å². The number of aryl methyl sites for hydroxylation is 1. The highest BCUT2D eigenvalue weighted by atomic mass is 79.9. The van der Waals surface area contributed by atoms with Gasteiger partial charge in [-0.05, 0) is 13.0 Å². The quantitative estimate of drug-likeness (QED) is 0.832. The van der Waals surface area contributed by atoms with Crippen LogP contribution in [0.25, 0.3) is 10.9 Å². The van der Waals surface area contributed by atoms with E-state index in [1.165, 1.54) is 5.52 Å². The molecule has 1 unspecified atom stereocenters. The second kappa shape index (κ2) is 3.99. The molecule has 3 heteroatoms. The number of hydrogen-bond acceptors (Lipinski definition) is 1. The van der Waals surface area contributed by atoms with Crippen molar-refractivity contribution in [3.8, 4) is 0 Å². The molecule has 1 atom stereocenters. The molecule has 1 aromatic heterocycles. The molecule has 80 valence electrons. The molecule has 2 rings (SSSR count). The average molecular weight is 268 g/mol. The Balaban J connectivity index is 2.77. The Labute approximate surface area is 97.7 Å². The summed E-state index contributed by atoms with van der Waals surface area (Å²) in [5.41, 5.74) is 3.33. The van der Waals surface area contributed by atoms with Crippen LogP contribution in [-0.4, -0.2) is 15.0 Å².